The van der Waals surface area contributed by atoms with Crippen LogP contribution < -0.4 is 10.6 Å². The van der Waals surface area contributed by atoms with E-state index in [-0.39, 0.29) is 17.9 Å². The van der Waals surface area contributed by atoms with Gasteiger partial charge in [0, 0.05) is 25.2 Å². The topological polar surface area (TPSA) is 76.0 Å². The standard InChI is InChI=1S/C12H18N4O2/c1-8(2)16-6-5-9(15-16)7-13-10-3-4-11(17)14-12(10)18/h5-6,8,10,13H,3-4,7H2,1-2H3,(H,14,17,18). The first-order valence-electron chi connectivity index (χ1n) is 6.17. The number of aromatic nitrogens is 2. The first-order valence-corrected chi connectivity index (χ1v) is 6.17. The molecule has 1 aromatic heterocycles. The minimum Gasteiger partial charge on any atom is -0.300 e. The molecular formula is C12H18N4O2. The Morgan fingerprint density at radius 1 is 1.56 bits per heavy atom. The van der Waals surface area contributed by atoms with E-state index < -0.39 is 0 Å². The second-order valence-electron chi connectivity index (χ2n) is 4.77. The van der Waals surface area contributed by atoms with Crippen molar-refractivity contribution in [2.45, 2.75) is 45.3 Å². The van der Waals surface area contributed by atoms with E-state index in [9.17, 15) is 9.59 Å². The highest BCUT2D eigenvalue weighted by atomic mass is 16.2. The third-order valence-corrected chi connectivity index (χ3v) is 2.96. The number of imide groups is 1. The molecule has 0 radical (unpaired) electrons. The van der Waals surface area contributed by atoms with E-state index >= 15 is 0 Å². The number of nitrogens with one attached hydrogen (secondary N) is 2. The third-order valence-electron chi connectivity index (χ3n) is 2.96. The molecule has 1 fully saturated rings. The van der Waals surface area contributed by atoms with Gasteiger partial charge in [-0.25, -0.2) is 0 Å². The molecule has 0 spiro atoms. The van der Waals surface area contributed by atoms with Crippen molar-refractivity contribution in [2.75, 3.05) is 0 Å². The van der Waals surface area contributed by atoms with Gasteiger partial charge in [-0.3, -0.25) is 19.6 Å². The Morgan fingerprint density at radius 2 is 2.33 bits per heavy atom. The van der Waals surface area contributed by atoms with Crippen molar-refractivity contribution in [3.63, 3.8) is 0 Å². The zero-order valence-electron chi connectivity index (χ0n) is 10.6. The molecule has 2 N–H and O–H groups in total. The van der Waals surface area contributed by atoms with Gasteiger partial charge in [0.15, 0.2) is 0 Å². The Morgan fingerprint density at radius 3 is 2.94 bits per heavy atom. The fourth-order valence-electron chi connectivity index (χ4n) is 1.88. The predicted octanol–water partition coefficient (Wildman–Crippen LogP) is 0.359. The molecule has 18 heavy (non-hydrogen) atoms. The Bertz CT molecular complexity index is 453. The van der Waals surface area contributed by atoms with E-state index in [1.807, 2.05) is 16.9 Å². The van der Waals surface area contributed by atoms with Crippen molar-refractivity contribution in [1.29, 1.82) is 0 Å². The summed E-state index contributed by atoms with van der Waals surface area (Å²) in [5.74, 6) is -0.434. The van der Waals surface area contributed by atoms with Crippen LogP contribution >= 0.6 is 0 Å². The molecule has 1 aliphatic heterocycles. The fourth-order valence-corrected chi connectivity index (χ4v) is 1.88. The van der Waals surface area contributed by atoms with Crippen LogP contribution in [0.4, 0.5) is 0 Å². The normalized spacial score (nSPS) is 20.3. The molecule has 0 aliphatic carbocycles. The van der Waals surface area contributed by atoms with Crippen LogP contribution in [-0.4, -0.2) is 27.6 Å². The maximum Gasteiger partial charge on any atom is 0.243 e. The van der Waals surface area contributed by atoms with Crippen molar-refractivity contribution in [3.8, 4) is 0 Å². The smallest absolute Gasteiger partial charge is 0.243 e. The average molecular weight is 250 g/mol. The largest absolute Gasteiger partial charge is 0.300 e. The molecule has 98 valence electrons. The quantitative estimate of drug-likeness (QED) is 0.756. The molecule has 1 unspecified atom stereocenters. The Kier molecular flexibility index (Phi) is 3.76. The average Bonchev–Trinajstić information content (AvgIpc) is 2.76. The van der Waals surface area contributed by atoms with Crippen LogP contribution in [0.5, 0.6) is 0 Å². The molecule has 0 aromatic carbocycles. The van der Waals surface area contributed by atoms with Crippen molar-refractivity contribution in [3.05, 3.63) is 18.0 Å². The van der Waals surface area contributed by atoms with Crippen molar-refractivity contribution >= 4 is 11.8 Å². The summed E-state index contributed by atoms with van der Waals surface area (Å²) in [6.45, 7) is 4.65. The van der Waals surface area contributed by atoms with E-state index in [1.54, 1.807) is 0 Å². The van der Waals surface area contributed by atoms with E-state index in [1.165, 1.54) is 0 Å². The molecule has 2 heterocycles. The maximum atomic E-state index is 11.5. The van der Waals surface area contributed by atoms with Crippen molar-refractivity contribution in [2.24, 2.45) is 0 Å². The molecule has 6 nitrogen and oxygen atoms in total. The van der Waals surface area contributed by atoms with E-state index in [4.69, 9.17) is 0 Å². The minimum atomic E-state index is -0.299. The number of amides is 2. The molecule has 2 amide bonds. The van der Waals surface area contributed by atoms with Crippen LogP contribution in [0.15, 0.2) is 12.3 Å². The van der Waals surface area contributed by atoms with Gasteiger partial charge in [-0.15, -0.1) is 0 Å². The van der Waals surface area contributed by atoms with Crippen molar-refractivity contribution < 1.29 is 9.59 Å². The first-order chi connectivity index (χ1) is 8.56. The molecule has 1 atom stereocenters. The monoisotopic (exact) mass is 250 g/mol. The summed E-state index contributed by atoms with van der Waals surface area (Å²) in [5, 5.41) is 9.83. The van der Waals surface area contributed by atoms with Gasteiger partial charge < -0.3 is 5.32 Å². The van der Waals surface area contributed by atoms with Gasteiger partial charge in [0.2, 0.25) is 11.8 Å². The van der Waals surface area contributed by atoms with Crippen LogP contribution in [-0.2, 0) is 16.1 Å². The maximum absolute atomic E-state index is 11.5. The Hall–Kier alpha value is -1.69. The molecule has 6 heteroatoms. The summed E-state index contributed by atoms with van der Waals surface area (Å²) in [6.07, 6.45) is 2.87. The van der Waals surface area contributed by atoms with E-state index in [0.29, 0.717) is 25.4 Å². The molecule has 1 aromatic rings. The first kappa shape index (κ1) is 12.8. The lowest BCUT2D eigenvalue weighted by molar-refractivity contribution is -0.134. The van der Waals surface area contributed by atoms with Crippen molar-refractivity contribution in [1.82, 2.24) is 20.4 Å². The second-order valence-corrected chi connectivity index (χ2v) is 4.77. The molecule has 2 rings (SSSR count). The van der Waals surface area contributed by atoms with Gasteiger partial charge in [0.05, 0.1) is 11.7 Å². The number of hydrogen-bond acceptors (Lipinski definition) is 4. The number of rotatable bonds is 4. The molecular weight excluding hydrogens is 232 g/mol. The van der Waals surface area contributed by atoms with Gasteiger partial charge >= 0.3 is 0 Å². The summed E-state index contributed by atoms with van der Waals surface area (Å²) in [6, 6.07) is 1.96. The van der Waals surface area contributed by atoms with Crippen LogP contribution in [0.1, 0.15) is 38.4 Å². The molecule has 1 saturated heterocycles. The van der Waals surface area contributed by atoms with Crippen LogP contribution in [0.2, 0.25) is 0 Å². The summed E-state index contributed by atoms with van der Waals surface area (Å²) >= 11 is 0. The van der Waals surface area contributed by atoms with Gasteiger partial charge in [0.25, 0.3) is 0 Å². The second kappa shape index (κ2) is 5.30. The summed E-state index contributed by atoms with van der Waals surface area (Å²) in [4.78, 5) is 22.5. The summed E-state index contributed by atoms with van der Waals surface area (Å²) < 4.78 is 1.88. The molecule has 0 saturated carbocycles. The lowest BCUT2D eigenvalue weighted by Gasteiger charge is -2.21. The Labute approximate surface area is 106 Å². The zero-order chi connectivity index (χ0) is 13.1. The Balaban J connectivity index is 1.87. The number of carbonyl (C=O) groups excluding carboxylic acids is 2. The molecule has 1 aliphatic rings. The lowest BCUT2D eigenvalue weighted by atomic mass is 10.1. The highest BCUT2D eigenvalue weighted by molar-refractivity contribution is 6.00. The van der Waals surface area contributed by atoms with Gasteiger partial charge in [-0.05, 0) is 26.3 Å². The molecule has 0 bridgehead atoms. The van der Waals surface area contributed by atoms with Gasteiger partial charge in [0.1, 0.15) is 0 Å². The van der Waals surface area contributed by atoms with Gasteiger partial charge in [-0.1, -0.05) is 0 Å². The minimum absolute atomic E-state index is 0.192. The van der Waals surface area contributed by atoms with Crippen LogP contribution in [0.25, 0.3) is 0 Å². The number of hydrogen-bond donors (Lipinski definition) is 2. The van der Waals surface area contributed by atoms with E-state index in [0.717, 1.165) is 5.69 Å². The summed E-state index contributed by atoms with van der Waals surface area (Å²) in [5.41, 5.74) is 0.897. The lowest BCUT2D eigenvalue weighted by Crippen LogP contribution is -2.50. The van der Waals surface area contributed by atoms with Crippen LogP contribution in [0, 0.1) is 0 Å². The van der Waals surface area contributed by atoms with Gasteiger partial charge in [-0.2, -0.15) is 5.10 Å². The highest BCUT2D eigenvalue weighted by Crippen LogP contribution is 2.07. The third kappa shape index (κ3) is 2.95. The SMILES string of the molecule is CC(C)n1ccc(CNC2CCC(=O)NC2=O)n1. The highest BCUT2D eigenvalue weighted by Gasteiger charge is 2.25. The number of piperidine rings is 1. The van der Waals surface area contributed by atoms with E-state index in [2.05, 4.69) is 29.6 Å². The number of nitrogens with zero attached hydrogens (tertiary/aromatic N) is 2. The summed E-state index contributed by atoms with van der Waals surface area (Å²) in [7, 11) is 0. The van der Waals surface area contributed by atoms with Crippen LogP contribution in [0.3, 0.4) is 0 Å². The zero-order valence-corrected chi connectivity index (χ0v) is 10.6. The number of carbonyl (C=O) groups is 2. The predicted molar refractivity (Wildman–Crippen MR) is 65.6 cm³/mol. The fraction of sp³-hybridized carbons (Fsp3) is 0.583.